The van der Waals surface area contributed by atoms with Crippen molar-refractivity contribution in [3.8, 4) is 11.4 Å². The molecule has 4 aromatic rings. The van der Waals surface area contributed by atoms with Gasteiger partial charge in [-0.05, 0) is 39.8 Å². The molecule has 0 aliphatic rings. The van der Waals surface area contributed by atoms with Gasteiger partial charge in [0.2, 0.25) is 0 Å². The second-order valence-corrected chi connectivity index (χ2v) is 8.37. The number of halogens is 3. The Hall–Kier alpha value is -4.06. The van der Waals surface area contributed by atoms with Gasteiger partial charge in [-0.25, -0.2) is 14.8 Å². The average molecular weight is 486 g/mol. The minimum Gasteiger partial charge on any atom is -0.462 e. The van der Waals surface area contributed by atoms with Crippen LogP contribution in [0.25, 0.3) is 22.4 Å². The van der Waals surface area contributed by atoms with E-state index in [1.807, 2.05) is 6.92 Å². The predicted octanol–water partition coefficient (Wildman–Crippen LogP) is 5.19. The quantitative estimate of drug-likeness (QED) is 0.363. The molecule has 0 saturated carbocycles. The Bertz CT molecular complexity index is 1430. The molecule has 0 saturated heterocycles. The number of aromatic nitrogens is 4. The monoisotopic (exact) mass is 486 g/mol. The van der Waals surface area contributed by atoms with Gasteiger partial charge < -0.3 is 20.2 Å². The van der Waals surface area contributed by atoms with Crippen LogP contribution in [-0.2, 0) is 11.8 Å². The van der Waals surface area contributed by atoms with E-state index in [-0.39, 0.29) is 11.4 Å². The Morgan fingerprint density at radius 3 is 2.43 bits per heavy atom. The van der Waals surface area contributed by atoms with Gasteiger partial charge in [-0.1, -0.05) is 0 Å². The van der Waals surface area contributed by atoms with Crippen LogP contribution >= 0.6 is 0 Å². The van der Waals surface area contributed by atoms with Gasteiger partial charge in [0, 0.05) is 17.1 Å². The van der Waals surface area contributed by atoms with Gasteiger partial charge in [0.1, 0.15) is 5.60 Å². The third kappa shape index (κ3) is 4.92. The fourth-order valence-corrected chi connectivity index (χ4v) is 3.51. The van der Waals surface area contributed by atoms with Crippen LogP contribution < -0.4 is 10.6 Å². The number of hydrogen-bond acceptors (Lipinski definition) is 7. The smallest absolute Gasteiger partial charge is 0.418 e. The molecule has 12 heteroatoms. The first-order valence-corrected chi connectivity index (χ1v) is 10.4. The molecule has 0 aliphatic heterocycles. The van der Waals surface area contributed by atoms with Gasteiger partial charge >= 0.3 is 12.2 Å². The van der Waals surface area contributed by atoms with Crippen LogP contribution in [0.1, 0.15) is 36.5 Å². The Morgan fingerprint density at radius 1 is 1.03 bits per heavy atom. The molecule has 0 fully saturated rings. The predicted molar refractivity (Wildman–Crippen MR) is 122 cm³/mol. The van der Waals surface area contributed by atoms with Crippen molar-refractivity contribution in [2.45, 2.75) is 39.5 Å². The molecule has 0 atom stereocenters. The Kier molecular flexibility index (Phi) is 5.93. The SMILES string of the molecule is Cc1nc(-c2cnc(C)c3occc23)ncc1NC(=O)Nc1cnc(C(C)(C)O)c(C(F)(F)F)c1. The van der Waals surface area contributed by atoms with E-state index < -0.39 is 29.1 Å². The number of carbonyl (C=O) groups is 1. The van der Waals surface area contributed by atoms with Crippen molar-refractivity contribution in [1.29, 1.82) is 0 Å². The number of amides is 2. The van der Waals surface area contributed by atoms with Crippen molar-refractivity contribution in [3.63, 3.8) is 0 Å². The van der Waals surface area contributed by atoms with Crippen LogP contribution in [0.5, 0.6) is 0 Å². The van der Waals surface area contributed by atoms with E-state index in [9.17, 15) is 23.1 Å². The largest absolute Gasteiger partial charge is 0.462 e. The van der Waals surface area contributed by atoms with Gasteiger partial charge in [0.15, 0.2) is 11.4 Å². The number of alkyl halides is 3. The summed E-state index contributed by atoms with van der Waals surface area (Å²) in [4.78, 5) is 29.2. The van der Waals surface area contributed by atoms with Gasteiger partial charge in [-0.3, -0.25) is 9.97 Å². The molecule has 0 radical (unpaired) electrons. The van der Waals surface area contributed by atoms with Crippen LogP contribution in [0.3, 0.4) is 0 Å². The molecule has 0 bridgehead atoms. The van der Waals surface area contributed by atoms with E-state index in [0.29, 0.717) is 28.7 Å². The van der Waals surface area contributed by atoms with Crippen molar-refractivity contribution < 1.29 is 27.5 Å². The molecule has 182 valence electrons. The first-order chi connectivity index (χ1) is 16.3. The lowest BCUT2D eigenvalue weighted by atomic mass is 9.98. The number of carbonyl (C=O) groups excluding carboxylic acids is 1. The second-order valence-electron chi connectivity index (χ2n) is 8.37. The molecule has 9 nitrogen and oxygen atoms in total. The van der Waals surface area contributed by atoms with E-state index in [1.165, 1.54) is 20.0 Å². The molecule has 2 amide bonds. The van der Waals surface area contributed by atoms with E-state index in [0.717, 1.165) is 17.3 Å². The summed E-state index contributed by atoms with van der Waals surface area (Å²) in [6.45, 7) is 5.86. The minimum absolute atomic E-state index is 0.203. The topological polar surface area (TPSA) is 126 Å². The lowest BCUT2D eigenvalue weighted by molar-refractivity contribution is -0.140. The summed E-state index contributed by atoms with van der Waals surface area (Å²) in [5.41, 5.74) is -1.05. The summed E-state index contributed by atoms with van der Waals surface area (Å²) in [5.74, 6) is 0.369. The van der Waals surface area contributed by atoms with Crippen LogP contribution in [0.15, 0.2) is 41.4 Å². The number of hydrogen-bond donors (Lipinski definition) is 3. The first-order valence-electron chi connectivity index (χ1n) is 10.4. The molecular formula is C23H21F3N6O3. The zero-order valence-corrected chi connectivity index (χ0v) is 19.2. The standard InChI is InChI=1S/C23H21F3N6O3/c1-11-17(10-29-20(30-11)15-9-27-12(2)18-14(15)5-6-35-18)32-21(33)31-13-7-16(23(24,25)26)19(28-8-13)22(3,4)34/h5-10,34H,1-4H3,(H2,31,32,33). The Labute approximate surface area is 197 Å². The highest BCUT2D eigenvalue weighted by atomic mass is 19.4. The number of pyridine rings is 2. The normalized spacial score (nSPS) is 12.1. The fraction of sp³-hybridized carbons (Fsp3) is 0.261. The van der Waals surface area contributed by atoms with Crippen molar-refractivity contribution in [3.05, 3.63) is 59.6 Å². The highest BCUT2D eigenvalue weighted by Crippen LogP contribution is 2.37. The molecule has 4 aromatic heterocycles. The van der Waals surface area contributed by atoms with E-state index in [1.54, 1.807) is 25.5 Å². The number of urea groups is 1. The molecule has 35 heavy (non-hydrogen) atoms. The number of aliphatic hydroxyl groups is 1. The molecule has 0 unspecified atom stereocenters. The second kappa shape index (κ2) is 8.62. The lowest BCUT2D eigenvalue weighted by Crippen LogP contribution is -2.25. The highest BCUT2D eigenvalue weighted by Gasteiger charge is 2.38. The summed E-state index contributed by atoms with van der Waals surface area (Å²) in [7, 11) is 0. The molecule has 0 aliphatic carbocycles. The molecule has 0 aromatic carbocycles. The van der Waals surface area contributed by atoms with Crippen molar-refractivity contribution in [2.75, 3.05) is 10.6 Å². The van der Waals surface area contributed by atoms with Crippen LogP contribution in [0.4, 0.5) is 29.3 Å². The number of anilines is 2. The third-order valence-corrected chi connectivity index (χ3v) is 5.17. The first kappa shape index (κ1) is 24.1. The molecule has 3 N–H and O–H groups in total. The maximum Gasteiger partial charge on any atom is 0.418 e. The minimum atomic E-state index is -4.78. The van der Waals surface area contributed by atoms with Crippen molar-refractivity contribution in [1.82, 2.24) is 19.9 Å². The third-order valence-electron chi connectivity index (χ3n) is 5.17. The number of fused-ring (bicyclic) bond motifs is 1. The average Bonchev–Trinajstić information content (AvgIpc) is 3.25. The fourth-order valence-electron chi connectivity index (χ4n) is 3.51. The van der Waals surface area contributed by atoms with E-state index >= 15 is 0 Å². The van der Waals surface area contributed by atoms with Crippen molar-refractivity contribution >= 4 is 28.4 Å². The maximum atomic E-state index is 13.5. The van der Waals surface area contributed by atoms with Crippen LogP contribution in [-0.4, -0.2) is 31.1 Å². The molecule has 0 spiro atoms. The van der Waals surface area contributed by atoms with Gasteiger partial charge in [-0.2, -0.15) is 13.2 Å². The van der Waals surface area contributed by atoms with E-state index in [2.05, 4.69) is 30.6 Å². The van der Waals surface area contributed by atoms with E-state index in [4.69, 9.17) is 4.42 Å². The van der Waals surface area contributed by atoms with Gasteiger partial charge in [-0.15, -0.1) is 0 Å². The van der Waals surface area contributed by atoms with Crippen molar-refractivity contribution in [2.24, 2.45) is 0 Å². The zero-order valence-electron chi connectivity index (χ0n) is 19.2. The lowest BCUT2D eigenvalue weighted by Gasteiger charge is -2.22. The van der Waals surface area contributed by atoms with Gasteiger partial charge in [0.25, 0.3) is 0 Å². The summed E-state index contributed by atoms with van der Waals surface area (Å²) < 4.78 is 45.9. The van der Waals surface area contributed by atoms with Gasteiger partial charge in [0.05, 0.1) is 52.7 Å². The number of aryl methyl sites for hydroxylation is 2. The molecule has 4 heterocycles. The molecular weight excluding hydrogens is 465 g/mol. The zero-order chi connectivity index (χ0) is 25.5. The summed E-state index contributed by atoms with van der Waals surface area (Å²) in [5, 5.41) is 15.6. The number of rotatable bonds is 4. The number of nitrogens with one attached hydrogen (secondary N) is 2. The summed E-state index contributed by atoms with van der Waals surface area (Å²) in [6.07, 6.45) is 0.824. The Balaban J connectivity index is 1.55. The number of nitrogens with zero attached hydrogens (tertiary/aromatic N) is 4. The van der Waals surface area contributed by atoms with Crippen LogP contribution in [0.2, 0.25) is 0 Å². The summed E-state index contributed by atoms with van der Waals surface area (Å²) in [6, 6.07) is 1.68. The maximum absolute atomic E-state index is 13.5. The Morgan fingerprint density at radius 2 is 1.77 bits per heavy atom. The van der Waals surface area contributed by atoms with Crippen LogP contribution in [0, 0.1) is 13.8 Å². The number of furan rings is 1. The summed E-state index contributed by atoms with van der Waals surface area (Å²) >= 11 is 0. The highest BCUT2D eigenvalue weighted by molar-refractivity contribution is 6.00. The molecule has 4 rings (SSSR count).